The number of carbonyl (C=O) groups is 4. The number of rotatable bonds is 8. The molecule has 6 aliphatic rings. The summed E-state index contributed by atoms with van der Waals surface area (Å²) in [6.07, 6.45) is 4.66. The lowest BCUT2D eigenvalue weighted by molar-refractivity contribution is -0.138. The van der Waals surface area contributed by atoms with Crippen molar-refractivity contribution < 1.29 is 19.2 Å². The number of aromatic nitrogens is 4. The average molecular weight is 713 g/mol. The summed E-state index contributed by atoms with van der Waals surface area (Å²) in [6, 6.07) is 9.64. The van der Waals surface area contributed by atoms with E-state index < -0.39 is 12.1 Å². The number of tetrazole rings is 1. The third-order valence-electron chi connectivity index (χ3n) is 11.4. The number of likely N-dealkylation sites (tertiary alicyclic amines) is 5. The van der Waals surface area contributed by atoms with E-state index in [0.717, 1.165) is 49.9 Å². The zero-order valence-corrected chi connectivity index (χ0v) is 29.1. The Hall–Kier alpha value is -5.01. The smallest absolute Gasteiger partial charge is 0.244 e. The molecule has 18 heteroatoms. The van der Waals surface area contributed by atoms with Gasteiger partial charge in [0.05, 0.1) is 42.3 Å². The van der Waals surface area contributed by atoms with Crippen LogP contribution in [0.4, 0.5) is 5.69 Å². The number of fused-ring (bicyclic) bond motifs is 4. The van der Waals surface area contributed by atoms with Crippen LogP contribution >= 0.6 is 0 Å². The summed E-state index contributed by atoms with van der Waals surface area (Å²) >= 11 is 0. The molecule has 0 saturated carbocycles. The molecule has 18 nitrogen and oxygen atoms in total. The van der Waals surface area contributed by atoms with Gasteiger partial charge in [0, 0.05) is 63.6 Å². The number of hydrogen-bond donors (Lipinski definition) is 3. The molecule has 8 atom stereocenters. The normalized spacial score (nSPS) is 29.3. The Bertz CT molecular complexity index is 1760. The molecule has 1 aromatic carbocycles. The number of benzene rings is 1. The Morgan fingerprint density at radius 3 is 1.88 bits per heavy atom. The maximum Gasteiger partial charge on any atom is 0.244 e. The van der Waals surface area contributed by atoms with Crippen LogP contribution in [0.25, 0.3) is 11.4 Å². The number of amides is 4. The van der Waals surface area contributed by atoms with E-state index in [1.165, 1.54) is 0 Å². The van der Waals surface area contributed by atoms with E-state index in [1.807, 2.05) is 46.0 Å². The maximum atomic E-state index is 13.1. The summed E-state index contributed by atoms with van der Waals surface area (Å²) in [5, 5.41) is 32.2. The van der Waals surface area contributed by atoms with Crippen molar-refractivity contribution in [2.24, 2.45) is 11.5 Å². The molecule has 274 valence electrons. The molecule has 6 fully saturated rings. The second kappa shape index (κ2) is 14.5. The van der Waals surface area contributed by atoms with Gasteiger partial charge in [-0.25, -0.2) is 0 Å². The minimum absolute atomic E-state index is 0.0271. The molecular formula is C34H44N14O4. The van der Waals surface area contributed by atoms with Crippen LogP contribution in [-0.4, -0.2) is 163 Å². The fourth-order valence-electron chi connectivity index (χ4n) is 8.71. The molecule has 2 aromatic rings. The van der Waals surface area contributed by atoms with Gasteiger partial charge in [0.25, 0.3) is 0 Å². The lowest BCUT2D eigenvalue weighted by Gasteiger charge is -2.35. The first-order valence-electron chi connectivity index (χ1n) is 17.9. The third-order valence-corrected chi connectivity index (χ3v) is 11.4. The molecule has 1 aromatic heterocycles. The van der Waals surface area contributed by atoms with Crippen LogP contribution in [0.5, 0.6) is 0 Å². The number of H-pyrrole nitrogens is 1. The number of nitrogens with two attached hydrogens (primary N) is 2. The number of piperazine rings is 2. The van der Waals surface area contributed by atoms with Crippen LogP contribution in [-0.2, 0) is 19.2 Å². The molecule has 5 N–H and O–H groups in total. The van der Waals surface area contributed by atoms with Crippen molar-refractivity contribution in [2.75, 3.05) is 51.2 Å². The summed E-state index contributed by atoms with van der Waals surface area (Å²) in [4.78, 5) is 61.0. The van der Waals surface area contributed by atoms with Gasteiger partial charge in [0.15, 0.2) is 0 Å². The number of aromatic amines is 1. The largest absolute Gasteiger partial charge is 0.340 e. The first-order valence-corrected chi connectivity index (χ1v) is 17.9. The molecule has 6 aliphatic heterocycles. The third kappa shape index (κ3) is 6.47. The molecule has 0 radical (unpaired) electrons. The maximum absolute atomic E-state index is 13.1. The summed E-state index contributed by atoms with van der Waals surface area (Å²) in [5.41, 5.74) is 13.9. The average Bonchev–Trinajstić information content (AvgIpc) is 4.01. The highest BCUT2D eigenvalue weighted by Crippen LogP contribution is 2.36. The van der Waals surface area contributed by atoms with Gasteiger partial charge in [-0.1, -0.05) is 0 Å². The zero-order chi connectivity index (χ0) is 36.7. The second-order valence-corrected chi connectivity index (χ2v) is 14.5. The number of hydrogen-bond acceptors (Lipinski definition) is 13. The van der Waals surface area contributed by atoms with Gasteiger partial charge in [0.2, 0.25) is 29.5 Å². The first-order chi connectivity index (χ1) is 25.1. The predicted octanol–water partition coefficient (Wildman–Crippen LogP) is -1.76. The number of carbonyl (C=O) groups excluding carboxylic acids is 4. The quantitative estimate of drug-likeness (QED) is 0.275. The minimum atomic E-state index is -0.733. The molecule has 2 unspecified atom stereocenters. The standard InChI is InChI=1S/C20H23N9O2.C14H21N5O2/c21-9-14-2-1-7-28(14)19(30)16(22)11-27-10-15-8-17(27)20(31)29(15)13-5-3-12(4-6-13)18-23-25-26-24-18;1-17-10-5-12(14(17)21)18(7-10)8-11(16)13(20)19-4-2-3-9(19)6-15/h3-6,14-17H,1-2,7-8,10-11,22H2,(H,23,24,25,26);9-12H,2-5,7-8,16H2,1H3/t14-,15?,16-,17-;9-,10?,11-,12-/m00/s1. The Kier molecular flexibility index (Phi) is 9.90. The topological polar surface area (TPSA) is 242 Å². The molecule has 0 spiro atoms. The van der Waals surface area contributed by atoms with Crippen LogP contribution in [0.2, 0.25) is 0 Å². The van der Waals surface area contributed by atoms with Crippen molar-refractivity contribution in [2.45, 2.75) is 86.9 Å². The summed E-state index contributed by atoms with van der Waals surface area (Å²) in [6.45, 7) is 3.36. The fraction of sp³-hybridized carbons (Fsp3) is 0.618. The van der Waals surface area contributed by atoms with Gasteiger partial charge in [-0.3, -0.25) is 29.0 Å². The molecule has 4 amide bonds. The summed E-state index contributed by atoms with van der Waals surface area (Å²) in [7, 11) is 1.83. The second-order valence-electron chi connectivity index (χ2n) is 14.5. The lowest BCUT2D eigenvalue weighted by atomic mass is 10.1. The van der Waals surface area contributed by atoms with E-state index in [9.17, 15) is 24.4 Å². The van der Waals surface area contributed by atoms with E-state index in [0.29, 0.717) is 45.0 Å². The molecular weight excluding hydrogens is 668 g/mol. The van der Waals surface area contributed by atoms with Crippen molar-refractivity contribution in [3.8, 4) is 23.5 Å². The van der Waals surface area contributed by atoms with Crippen LogP contribution in [0.1, 0.15) is 38.5 Å². The summed E-state index contributed by atoms with van der Waals surface area (Å²) < 4.78 is 0. The zero-order valence-electron chi connectivity index (χ0n) is 29.1. The first kappa shape index (κ1) is 35.4. The SMILES string of the molecule is CN1C(=O)[C@@H]2CC1CN2C[C@H](N)C(=O)N1CCC[C@H]1C#N.N#C[C@@H]1CCCN1C(=O)[C@@H](N)CN1CC2C[C@H]1C(=O)N2c1ccc(-c2nn[nH]n2)cc1. The van der Waals surface area contributed by atoms with Gasteiger partial charge in [-0.05, 0) is 68.0 Å². The van der Waals surface area contributed by atoms with Crippen LogP contribution in [0, 0.1) is 22.7 Å². The Balaban J connectivity index is 0.000000175. The van der Waals surface area contributed by atoms with E-state index in [4.69, 9.17) is 16.7 Å². The molecule has 6 saturated heterocycles. The van der Waals surface area contributed by atoms with E-state index in [1.54, 1.807) is 14.7 Å². The Morgan fingerprint density at radius 2 is 1.40 bits per heavy atom. The van der Waals surface area contributed by atoms with Gasteiger partial charge in [0.1, 0.15) is 12.1 Å². The molecule has 4 bridgehead atoms. The lowest BCUT2D eigenvalue weighted by Crippen LogP contribution is -2.56. The number of likely N-dealkylation sites (N-methyl/N-ethyl adjacent to an activating group) is 1. The number of nitriles is 2. The van der Waals surface area contributed by atoms with Gasteiger partial charge >= 0.3 is 0 Å². The van der Waals surface area contributed by atoms with Crippen molar-refractivity contribution in [1.82, 2.24) is 45.1 Å². The molecule has 7 heterocycles. The Morgan fingerprint density at radius 1 is 0.865 bits per heavy atom. The predicted molar refractivity (Wildman–Crippen MR) is 184 cm³/mol. The van der Waals surface area contributed by atoms with E-state index in [-0.39, 0.29) is 59.9 Å². The van der Waals surface area contributed by atoms with Gasteiger partial charge < -0.3 is 31.1 Å². The summed E-state index contributed by atoms with van der Waals surface area (Å²) in [5.74, 6) is 0.291. The van der Waals surface area contributed by atoms with Gasteiger partial charge in [-0.2, -0.15) is 15.7 Å². The van der Waals surface area contributed by atoms with Gasteiger partial charge in [-0.15, -0.1) is 10.2 Å². The van der Waals surface area contributed by atoms with Crippen molar-refractivity contribution >= 4 is 29.3 Å². The number of anilines is 1. The molecule has 8 rings (SSSR count). The number of nitrogens with one attached hydrogen (secondary N) is 1. The highest BCUT2D eigenvalue weighted by Gasteiger charge is 2.51. The monoisotopic (exact) mass is 712 g/mol. The van der Waals surface area contributed by atoms with Crippen molar-refractivity contribution in [1.29, 1.82) is 10.5 Å². The van der Waals surface area contributed by atoms with Crippen molar-refractivity contribution in [3.63, 3.8) is 0 Å². The van der Waals surface area contributed by atoms with Crippen LogP contribution < -0.4 is 16.4 Å². The molecule has 52 heavy (non-hydrogen) atoms. The van der Waals surface area contributed by atoms with Crippen LogP contribution in [0.3, 0.4) is 0 Å². The van der Waals surface area contributed by atoms with E-state index >= 15 is 0 Å². The molecule has 0 aliphatic carbocycles. The van der Waals surface area contributed by atoms with Crippen LogP contribution in [0.15, 0.2) is 24.3 Å². The Labute approximate surface area is 301 Å². The number of nitrogens with zero attached hydrogens (tertiary/aromatic N) is 11. The van der Waals surface area contributed by atoms with E-state index in [2.05, 4.69) is 32.8 Å². The fourth-order valence-corrected chi connectivity index (χ4v) is 8.71. The van der Waals surface area contributed by atoms with Crippen molar-refractivity contribution in [3.05, 3.63) is 24.3 Å². The minimum Gasteiger partial charge on any atom is -0.340 e. The highest BCUT2D eigenvalue weighted by molar-refractivity contribution is 6.01. The highest BCUT2D eigenvalue weighted by atomic mass is 16.2.